The van der Waals surface area contributed by atoms with E-state index in [4.69, 9.17) is 0 Å². The minimum atomic E-state index is -4.08. The maximum absolute atomic E-state index is 13.8. The zero-order valence-electron chi connectivity index (χ0n) is 20.8. The van der Waals surface area contributed by atoms with Gasteiger partial charge < -0.3 is 10.2 Å². The van der Waals surface area contributed by atoms with Gasteiger partial charge in [-0.1, -0.05) is 61.7 Å². The van der Waals surface area contributed by atoms with E-state index < -0.39 is 28.5 Å². The van der Waals surface area contributed by atoms with E-state index >= 15 is 0 Å². The van der Waals surface area contributed by atoms with Gasteiger partial charge in [-0.3, -0.25) is 13.9 Å². The number of nitrogens with zero attached hydrogens (tertiary/aromatic N) is 2. The van der Waals surface area contributed by atoms with E-state index in [1.165, 1.54) is 17.0 Å². The Morgan fingerprint density at radius 3 is 1.97 bits per heavy atom. The Labute approximate surface area is 235 Å². The van der Waals surface area contributed by atoms with Gasteiger partial charge in [-0.15, -0.1) is 0 Å². The molecule has 0 saturated carbocycles. The molecule has 10 heteroatoms. The van der Waals surface area contributed by atoms with Crippen LogP contribution >= 0.6 is 31.9 Å². The van der Waals surface area contributed by atoms with Crippen LogP contribution in [0.4, 0.5) is 5.69 Å². The Balaban J connectivity index is 2.01. The number of halogens is 2. The number of hydrogen-bond donors (Lipinski definition) is 1. The molecule has 0 bridgehead atoms. The van der Waals surface area contributed by atoms with Crippen molar-refractivity contribution in [3.8, 4) is 0 Å². The predicted octanol–water partition coefficient (Wildman–Crippen LogP) is 5.27. The van der Waals surface area contributed by atoms with Crippen molar-refractivity contribution < 1.29 is 18.0 Å². The monoisotopic (exact) mass is 649 g/mol. The fraction of sp³-hybridized carbons (Fsp3) is 0.259. The fourth-order valence-corrected chi connectivity index (χ4v) is 5.61. The number of likely N-dealkylation sites (N-methyl/N-ethyl adjacent to an activating group) is 1. The average Bonchev–Trinajstić information content (AvgIpc) is 2.87. The second-order valence-corrected chi connectivity index (χ2v) is 12.2. The van der Waals surface area contributed by atoms with E-state index in [1.54, 1.807) is 50.2 Å². The van der Waals surface area contributed by atoms with Crippen LogP contribution < -0.4 is 9.62 Å². The number of hydrogen-bond acceptors (Lipinski definition) is 4. The molecule has 3 rings (SSSR count). The van der Waals surface area contributed by atoms with E-state index in [0.717, 1.165) is 24.4 Å². The summed E-state index contributed by atoms with van der Waals surface area (Å²) in [5.74, 6) is -0.815. The van der Waals surface area contributed by atoms with Crippen LogP contribution in [0.3, 0.4) is 0 Å². The van der Waals surface area contributed by atoms with Crippen LogP contribution in [0.1, 0.15) is 25.0 Å². The lowest BCUT2D eigenvalue weighted by Crippen LogP contribution is -2.51. The number of carbonyl (C=O) groups excluding carboxylic acids is 2. The highest BCUT2D eigenvalue weighted by atomic mass is 79.9. The highest BCUT2D eigenvalue weighted by Crippen LogP contribution is 2.26. The quantitative estimate of drug-likeness (QED) is 0.324. The molecule has 0 aliphatic heterocycles. The van der Waals surface area contributed by atoms with Gasteiger partial charge in [-0.05, 0) is 74.9 Å². The van der Waals surface area contributed by atoms with Gasteiger partial charge in [0.2, 0.25) is 11.8 Å². The summed E-state index contributed by atoms with van der Waals surface area (Å²) in [6, 6.07) is 19.8. The predicted molar refractivity (Wildman–Crippen MR) is 153 cm³/mol. The van der Waals surface area contributed by atoms with Gasteiger partial charge in [-0.25, -0.2) is 8.42 Å². The van der Waals surface area contributed by atoms with Gasteiger partial charge in [-0.2, -0.15) is 0 Å². The molecule has 0 unspecified atom stereocenters. The third kappa shape index (κ3) is 7.43. The molecule has 0 fully saturated rings. The van der Waals surface area contributed by atoms with Crippen molar-refractivity contribution in [2.24, 2.45) is 0 Å². The van der Waals surface area contributed by atoms with Gasteiger partial charge >= 0.3 is 0 Å². The first-order chi connectivity index (χ1) is 17.5. The molecule has 0 saturated heterocycles. The first-order valence-corrected chi connectivity index (χ1v) is 14.7. The molecule has 0 radical (unpaired) electrons. The second kappa shape index (κ2) is 12.7. The molecule has 0 aliphatic carbocycles. The lowest BCUT2D eigenvalue weighted by molar-refractivity contribution is -0.139. The molecule has 2 amide bonds. The van der Waals surface area contributed by atoms with Crippen LogP contribution in [0, 0.1) is 6.92 Å². The number of carbonyl (C=O) groups is 2. The summed E-state index contributed by atoms with van der Waals surface area (Å²) in [7, 11) is -4.08. The number of benzene rings is 3. The molecule has 1 N–H and O–H groups in total. The summed E-state index contributed by atoms with van der Waals surface area (Å²) in [5.41, 5.74) is 2.07. The lowest BCUT2D eigenvalue weighted by atomic mass is 10.1. The first-order valence-electron chi connectivity index (χ1n) is 11.7. The van der Waals surface area contributed by atoms with Gasteiger partial charge in [0.1, 0.15) is 12.6 Å². The van der Waals surface area contributed by atoms with Crippen LogP contribution in [-0.4, -0.2) is 44.3 Å². The first kappa shape index (κ1) is 28.9. The molecule has 196 valence electrons. The van der Waals surface area contributed by atoms with Crippen LogP contribution in [0.25, 0.3) is 0 Å². The van der Waals surface area contributed by atoms with Crippen molar-refractivity contribution in [1.29, 1.82) is 0 Å². The summed E-state index contributed by atoms with van der Waals surface area (Å²) in [5, 5.41) is 2.75. The lowest BCUT2D eigenvalue weighted by Gasteiger charge is -2.32. The van der Waals surface area contributed by atoms with Crippen LogP contribution in [0.5, 0.6) is 0 Å². The average molecular weight is 651 g/mol. The van der Waals surface area contributed by atoms with E-state index in [9.17, 15) is 18.0 Å². The molecule has 37 heavy (non-hydrogen) atoms. The van der Waals surface area contributed by atoms with E-state index in [2.05, 4.69) is 37.2 Å². The smallest absolute Gasteiger partial charge is 0.264 e. The zero-order chi connectivity index (χ0) is 27.2. The third-order valence-corrected chi connectivity index (χ3v) is 8.63. The molecule has 0 heterocycles. The minimum Gasteiger partial charge on any atom is -0.355 e. The van der Waals surface area contributed by atoms with Crippen molar-refractivity contribution in [3.05, 3.63) is 92.9 Å². The highest BCUT2D eigenvalue weighted by Gasteiger charge is 2.32. The van der Waals surface area contributed by atoms with Crippen LogP contribution in [-0.2, 0) is 26.2 Å². The molecule has 7 nitrogen and oxygen atoms in total. The number of aryl methyl sites for hydroxylation is 1. The molecule has 3 aromatic rings. The Morgan fingerprint density at radius 1 is 0.892 bits per heavy atom. The Bertz CT molecular complexity index is 1330. The van der Waals surface area contributed by atoms with Crippen molar-refractivity contribution in [1.82, 2.24) is 10.2 Å². The summed E-state index contributed by atoms with van der Waals surface area (Å²) in [6.45, 7) is 5.39. The Hall–Kier alpha value is -2.69. The van der Waals surface area contributed by atoms with Crippen molar-refractivity contribution >= 4 is 59.4 Å². The topological polar surface area (TPSA) is 86.8 Å². The second-order valence-electron chi connectivity index (χ2n) is 8.52. The third-order valence-electron chi connectivity index (χ3n) is 5.79. The number of nitrogens with one attached hydrogen (secondary N) is 1. The molecule has 0 aliphatic rings. The van der Waals surface area contributed by atoms with Crippen molar-refractivity contribution in [2.45, 2.75) is 38.3 Å². The molecular formula is C27H29Br2N3O4S. The van der Waals surface area contributed by atoms with E-state index in [-0.39, 0.29) is 17.3 Å². The zero-order valence-corrected chi connectivity index (χ0v) is 24.8. The highest BCUT2D eigenvalue weighted by molar-refractivity contribution is 9.10. The maximum Gasteiger partial charge on any atom is 0.264 e. The Kier molecular flexibility index (Phi) is 9.92. The molecular weight excluding hydrogens is 622 g/mol. The summed E-state index contributed by atoms with van der Waals surface area (Å²) in [4.78, 5) is 28.0. The summed E-state index contributed by atoms with van der Waals surface area (Å²) < 4.78 is 30.2. The van der Waals surface area contributed by atoms with Crippen molar-refractivity contribution in [2.75, 3.05) is 17.4 Å². The fourth-order valence-electron chi connectivity index (χ4n) is 3.66. The largest absolute Gasteiger partial charge is 0.355 e. The van der Waals surface area contributed by atoms with E-state index in [1.807, 2.05) is 31.2 Å². The SMILES string of the molecule is CCNC(=O)[C@H](C)N(Cc1ccc(Br)cc1)C(=O)CN(c1ccc(Br)cc1)S(=O)(=O)c1ccc(C)cc1. The van der Waals surface area contributed by atoms with Gasteiger partial charge in [0.05, 0.1) is 10.6 Å². The normalized spacial score (nSPS) is 12.0. The van der Waals surface area contributed by atoms with Crippen LogP contribution in [0.15, 0.2) is 86.6 Å². The van der Waals surface area contributed by atoms with Gasteiger partial charge in [0.25, 0.3) is 10.0 Å². The molecule has 3 aromatic carbocycles. The molecule has 0 spiro atoms. The minimum absolute atomic E-state index is 0.0741. The van der Waals surface area contributed by atoms with Gasteiger partial charge in [0.15, 0.2) is 0 Å². The number of amides is 2. The standard InChI is InChI=1S/C27H29Br2N3O4S/c1-4-30-27(34)20(3)31(17-21-7-9-22(28)10-8-21)26(33)18-32(24-13-11-23(29)12-14-24)37(35,36)25-15-5-19(2)6-16-25/h5-16,20H,4,17-18H2,1-3H3,(H,30,34)/t20-/m0/s1. The summed E-state index contributed by atoms with van der Waals surface area (Å²) >= 11 is 6.78. The number of anilines is 1. The Morgan fingerprint density at radius 2 is 1.43 bits per heavy atom. The summed E-state index contributed by atoms with van der Waals surface area (Å²) in [6.07, 6.45) is 0. The maximum atomic E-state index is 13.8. The molecule has 1 atom stereocenters. The van der Waals surface area contributed by atoms with Crippen LogP contribution in [0.2, 0.25) is 0 Å². The number of sulfonamides is 1. The molecule has 0 aromatic heterocycles. The van der Waals surface area contributed by atoms with Gasteiger partial charge in [0, 0.05) is 22.0 Å². The number of rotatable bonds is 10. The van der Waals surface area contributed by atoms with E-state index in [0.29, 0.717) is 12.2 Å². The van der Waals surface area contributed by atoms with Crippen molar-refractivity contribution in [3.63, 3.8) is 0 Å².